The number of nitrogens with zero attached hydrogens (tertiary/aromatic N) is 2. The second-order valence-corrected chi connectivity index (χ2v) is 4.03. The minimum absolute atomic E-state index is 0.0423. The Kier molecular flexibility index (Phi) is 3.69. The summed E-state index contributed by atoms with van der Waals surface area (Å²) < 4.78 is 6.15. The van der Waals surface area contributed by atoms with E-state index >= 15 is 0 Å². The standard InChI is InChI=1S/C13H13N3O4/c1-16-11(13(18)19)7-10(15-16)12(17)14-8-3-5-9(20-2)6-4-8/h3-7H,1-2H3,(H,14,17)(H,18,19). The number of carboxylic acids is 1. The first kappa shape index (κ1) is 13.6. The second kappa shape index (κ2) is 5.43. The van der Waals surface area contributed by atoms with Crippen molar-refractivity contribution in [2.75, 3.05) is 12.4 Å². The van der Waals surface area contributed by atoms with E-state index in [0.29, 0.717) is 11.4 Å². The lowest BCUT2D eigenvalue weighted by Crippen LogP contribution is -2.12. The van der Waals surface area contributed by atoms with Crippen molar-refractivity contribution in [3.8, 4) is 5.75 Å². The molecule has 104 valence electrons. The fourth-order valence-corrected chi connectivity index (χ4v) is 1.65. The van der Waals surface area contributed by atoms with Crippen molar-refractivity contribution in [1.29, 1.82) is 0 Å². The number of aromatic nitrogens is 2. The molecule has 0 saturated carbocycles. The molecular weight excluding hydrogens is 262 g/mol. The van der Waals surface area contributed by atoms with Crippen LogP contribution in [0.1, 0.15) is 21.0 Å². The maximum absolute atomic E-state index is 11.9. The van der Waals surface area contributed by atoms with Crippen LogP contribution in [-0.4, -0.2) is 33.9 Å². The van der Waals surface area contributed by atoms with Crippen LogP contribution in [-0.2, 0) is 7.05 Å². The summed E-state index contributed by atoms with van der Waals surface area (Å²) in [5.41, 5.74) is 0.559. The van der Waals surface area contributed by atoms with Crippen LogP contribution in [0.4, 0.5) is 5.69 Å². The summed E-state index contributed by atoms with van der Waals surface area (Å²) in [6, 6.07) is 7.99. The largest absolute Gasteiger partial charge is 0.497 e. The average Bonchev–Trinajstić information content (AvgIpc) is 2.82. The van der Waals surface area contributed by atoms with Crippen LogP contribution in [0.25, 0.3) is 0 Å². The normalized spacial score (nSPS) is 10.1. The first-order chi connectivity index (χ1) is 9.51. The van der Waals surface area contributed by atoms with Crippen LogP contribution < -0.4 is 10.1 Å². The van der Waals surface area contributed by atoms with E-state index in [2.05, 4.69) is 10.4 Å². The highest BCUT2D eigenvalue weighted by Crippen LogP contribution is 2.16. The van der Waals surface area contributed by atoms with Gasteiger partial charge in [0.1, 0.15) is 11.4 Å². The summed E-state index contributed by atoms with van der Waals surface area (Å²) in [6.07, 6.45) is 0. The quantitative estimate of drug-likeness (QED) is 0.879. The second-order valence-electron chi connectivity index (χ2n) is 4.03. The molecule has 0 saturated heterocycles. The highest BCUT2D eigenvalue weighted by Gasteiger charge is 2.16. The topological polar surface area (TPSA) is 93.5 Å². The SMILES string of the molecule is COc1ccc(NC(=O)c2cc(C(=O)O)n(C)n2)cc1. The van der Waals surface area contributed by atoms with Gasteiger partial charge in [0.05, 0.1) is 7.11 Å². The van der Waals surface area contributed by atoms with E-state index in [1.54, 1.807) is 31.4 Å². The van der Waals surface area contributed by atoms with Crippen LogP contribution in [0.5, 0.6) is 5.75 Å². The third-order valence-electron chi connectivity index (χ3n) is 2.68. The van der Waals surface area contributed by atoms with Gasteiger partial charge in [-0.3, -0.25) is 9.48 Å². The Morgan fingerprint density at radius 3 is 2.45 bits per heavy atom. The molecule has 0 aliphatic heterocycles. The molecule has 2 N–H and O–H groups in total. The van der Waals surface area contributed by atoms with Crippen LogP contribution in [0, 0.1) is 0 Å². The van der Waals surface area contributed by atoms with Crippen molar-refractivity contribution in [2.45, 2.75) is 0 Å². The molecule has 0 radical (unpaired) electrons. The number of carbonyl (C=O) groups excluding carboxylic acids is 1. The molecule has 1 aromatic heterocycles. The van der Waals surface area contributed by atoms with Gasteiger partial charge in [0.2, 0.25) is 0 Å². The molecule has 0 fully saturated rings. The number of hydrogen-bond donors (Lipinski definition) is 2. The molecule has 0 bridgehead atoms. The summed E-state index contributed by atoms with van der Waals surface area (Å²) in [5, 5.41) is 15.4. The summed E-state index contributed by atoms with van der Waals surface area (Å²) >= 11 is 0. The van der Waals surface area contributed by atoms with Crippen LogP contribution >= 0.6 is 0 Å². The number of carboxylic acid groups (broad SMARTS) is 1. The van der Waals surface area contributed by atoms with Crippen molar-refractivity contribution in [2.24, 2.45) is 7.05 Å². The molecule has 2 rings (SSSR count). The highest BCUT2D eigenvalue weighted by atomic mass is 16.5. The zero-order valence-corrected chi connectivity index (χ0v) is 11.0. The van der Waals surface area contributed by atoms with Crippen molar-refractivity contribution in [1.82, 2.24) is 9.78 Å². The minimum Gasteiger partial charge on any atom is -0.497 e. The zero-order chi connectivity index (χ0) is 14.7. The molecule has 20 heavy (non-hydrogen) atoms. The Morgan fingerprint density at radius 2 is 1.95 bits per heavy atom. The minimum atomic E-state index is -1.14. The van der Waals surface area contributed by atoms with Gasteiger partial charge in [-0.25, -0.2) is 4.79 Å². The summed E-state index contributed by atoms with van der Waals surface area (Å²) in [7, 11) is 3.02. The smallest absolute Gasteiger partial charge is 0.354 e. The molecule has 0 aliphatic rings. The monoisotopic (exact) mass is 275 g/mol. The summed E-state index contributed by atoms with van der Waals surface area (Å²) in [6.45, 7) is 0. The fourth-order valence-electron chi connectivity index (χ4n) is 1.65. The van der Waals surface area contributed by atoms with Crippen molar-refractivity contribution < 1.29 is 19.4 Å². The van der Waals surface area contributed by atoms with Gasteiger partial charge in [-0.1, -0.05) is 0 Å². The maximum Gasteiger partial charge on any atom is 0.354 e. The number of nitrogens with one attached hydrogen (secondary N) is 1. The summed E-state index contributed by atoms with van der Waals surface area (Å²) in [4.78, 5) is 22.8. The van der Waals surface area contributed by atoms with E-state index in [1.807, 2.05) is 0 Å². The van der Waals surface area contributed by atoms with Gasteiger partial charge in [-0.15, -0.1) is 0 Å². The zero-order valence-electron chi connectivity index (χ0n) is 11.0. The number of aromatic carboxylic acids is 1. The molecule has 7 nitrogen and oxygen atoms in total. The van der Waals surface area contributed by atoms with Gasteiger partial charge in [-0.2, -0.15) is 5.10 Å². The first-order valence-electron chi connectivity index (χ1n) is 5.74. The van der Waals surface area contributed by atoms with E-state index in [0.717, 1.165) is 4.68 Å². The van der Waals surface area contributed by atoms with E-state index in [4.69, 9.17) is 9.84 Å². The predicted octanol–water partition coefficient (Wildman–Crippen LogP) is 1.38. The number of anilines is 1. The van der Waals surface area contributed by atoms with Gasteiger partial charge in [0.15, 0.2) is 5.69 Å². The number of carbonyl (C=O) groups is 2. The molecule has 1 aromatic carbocycles. The Morgan fingerprint density at radius 1 is 1.30 bits per heavy atom. The number of methoxy groups -OCH3 is 1. The van der Waals surface area contributed by atoms with Crippen molar-refractivity contribution in [3.63, 3.8) is 0 Å². The first-order valence-corrected chi connectivity index (χ1v) is 5.74. The van der Waals surface area contributed by atoms with Gasteiger partial charge >= 0.3 is 5.97 Å². The number of amides is 1. The number of ether oxygens (including phenoxy) is 1. The molecule has 1 heterocycles. The van der Waals surface area contributed by atoms with E-state index < -0.39 is 11.9 Å². The molecule has 0 spiro atoms. The van der Waals surface area contributed by atoms with Crippen LogP contribution in [0.3, 0.4) is 0 Å². The molecule has 0 atom stereocenters. The van der Waals surface area contributed by atoms with Crippen molar-refractivity contribution >= 4 is 17.6 Å². The number of rotatable bonds is 4. The molecule has 2 aromatic rings. The molecular formula is C13H13N3O4. The average molecular weight is 275 g/mol. The van der Waals surface area contributed by atoms with E-state index in [9.17, 15) is 9.59 Å². The Balaban J connectivity index is 2.15. The fraction of sp³-hybridized carbons (Fsp3) is 0.154. The maximum atomic E-state index is 11.9. The summed E-state index contributed by atoms with van der Waals surface area (Å²) in [5.74, 6) is -0.934. The molecule has 0 unspecified atom stereocenters. The molecule has 0 aliphatic carbocycles. The molecule has 1 amide bonds. The lowest BCUT2D eigenvalue weighted by molar-refractivity contribution is 0.0685. The highest BCUT2D eigenvalue weighted by molar-refractivity contribution is 6.04. The predicted molar refractivity (Wildman–Crippen MR) is 71.1 cm³/mol. The lowest BCUT2D eigenvalue weighted by Gasteiger charge is -2.04. The number of benzene rings is 1. The van der Waals surface area contributed by atoms with Gasteiger partial charge in [0, 0.05) is 18.8 Å². The number of aryl methyl sites for hydroxylation is 1. The van der Waals surface area contributed by atoms with E-state index in [1.165, 1.54) is 13.1 Å². The van der Waals surface area contributed by atoms with Crippen LogP contribution in [0.2, 0.25) is 0 Å². The Labute approximate surface area is 114 Å². The van der Waals surface area contributed by atoms with Crippen LogP contribution in [0.15, 0.2) is 30.3 Å². The number of hydrogen-bond acceptors (Lipinski definition) is 4. The Hall–Kier alpha value is -2.83. The van der Waals surface area contributed by atoms with Gasteiger partial charge < -0.3 is 15.2 Å². The Bertz CT molecular complexity index is 646. The lowest BCUT2D eigenvalue weighted by atomic mass is 10.3. The van der Waals surface area contributed by atoms with Gasteiger partial charge in [0.25, 0.3) is 5.91 Å². The van der Waals surface area contributed by atoms with E-state index in [-0.39, 0.29) is 11.4 Å². The molecule has 7 heteroatoms. The third kappa shape index (κ3) is 2.77. The third-order valence-corrected chi connectivity index (χ3v) is 2.68. The van der Waals surface area contributed by atoms with Crippen molar-refractivity contribution in [3.05, 3.63) is 41.7 Å². The van der Waals surface area contributed by atoms with Gasteiger partial charge in [-0.05, 0) is 24.3 Å².